The number of halogens is 1. The van der Waals surface area contributed by atoms with E-state index >= 15 is 0 Å². The van der Waals surface area contributed by atoms with Crippen LogP contribution in [0.5, 0.6) is 0 Å². The molecule has 3 rings (SSSR count). The van der Waals surface area contributed by atoms with Crippen LogP contribution >= 0.6 is 11.6 Å². The Morgan fingerprint density at radius 3 is 2.32 bits per heavy atom. The van der Waals surface area contributed by atoms with Crippen LogP contribution in [0, 0.1) is 0 Å². The van der Waals surface area contributed by atoms with E-state index in [-0.39, 0.29) is 0 Å². The maximum atomic E-state index is 6.33. The van der Waals surface area contributed by atoms with Crippen LogP contribution < -0.4 is 5.73 Å². The number of nitrogens with two attached hydrogens (primary N) is 1. The molecule has 1 aliphatic carbocycles. The van der Waals surface area contributed by atoms with Crippen LogP contribution in [0.4, 0.5) is 0 Å². The fourth-order valence-electron chi connectivity index (χ4n) is 2.60. The third kappa shape index (κ3) is 2.54. The summed E-state index contributed by atoms with van der Waals surface area (Å²) < 4.78 is 0. The molecule has 0 saturated heterocycles. The summed E-state index contributed by atoms with van der Waals surface area (Å²) in [6, 6.07) is 14.9. The zero-order valence-corrected chi connectivity index (χ0v) is 11.7. The minimum atomic E-state index is 0.528. The lowest BCUT2D eigenvalue weighted by Crippen LogP contribution is -2.08. The SMILES string of the molecule is NCc1ccc(-c2ccc(C3CCC3)cc2)c(Cl)c1. The van der Waals surface area contributed by atoms with Crippen LogP contribution in [0.3, 0.4) is 0 Å². The molecular weight excluding hydrogens is 254 g/mol. The molecule has 0 amide bonds. The van der Waals surface area contributed by atoms with Crippen molar-refractivity contribution in [2.75, 3.05) is 0 Å². The van der Waals surface area contributed by atoms with Gasteiger partial charge in [0.1, 0.15) is 0 Å². The summed E-state index contributed by atoms with van der Waals surface area (Å²) in [4.78, 5) is 0. The first-order valence-corrected chi connectivity index (χ1v) is 7.24. The largest absolute Gasteiger partial charge is 0.326 e. The van der Waals surface area contributed by atoms with Crippen LogP contribution in [0.15, 0.2) is 42.5 Å². The van der Waals surface area contributed by atoms with Crippen molar-refractivity contribution in [2.45, 2.75) is 31.7 Å². The van der Waals surface area contributed by atoms with Crippen LogP contribution in [0.1, 0.15) is 36.3 Å². The fourth-order valence-corrected chi connectivity index (χ4v) is 2.91. The number of hydrogen-bond acceptors (Lipinski definition) is 1. The molecule has 0 radical (unpaired) electrons. The van der Waals surface area contributed by atoms with E-state index in [1.807, 2.05) is 12.1 Å². The van der Waals surface area contributed by atoms with Crippen molar-refractivity contribution in [1.29, 1.82) is 0 Å². The predicted octanol–water partition coefficient (Wildman–Crippen LogP) is 4.73. The maximum absolute atomic E-state index is 6.33. The standard InChI is InChI=1S/C17H18ClN/c18-17-10-12(11-19)4-9-16(17)15-7-5-14(6-8-15)13-2-1-3-13/h4-10,13H,1-3,11,19H2. The summed E-state index contributed by atoms with van der Waals surface area (Å²) in [7, 11) is 0. The Kier molecular flexibility index (Phi) is 3.58. The molecule has 2 heteroatoms. The third-order valence-corrected chi connectivity index (χ3v) is 4.38. The first-order chi connectivity index (χ1) is 9.28. The van der Waals surface area contributed by atoms with Gasteiger partial charge in [0.15, 0.2) is 0 Å². The highest BCUT2D eigenvalue weighted by molar-refractivity contribution is 6.33. The van der Waals surface area contributed by atoms with Crippen molar-refractivity contribution in [3.63, 3.8) is 0 Å². The molecule has 0 aromatic heterocycles. The second-order valence-electron chi connectivity index (χ2n) is 5.27. The summed E-state index contributed by atoms with van der Waals surface area (Å²) in [5.74, 6) is 0.782. The van der Waals surface area contributed by atoms with Gasteiger partial charge in [-0.3, -0.25) is 0 Å². The van der Waals surface area contributed by atoms with Gasteiger partial charge in [-0.05, 0) is 41.5 Å². The van der Waals surface area contributed by atoms with Crippen molar-refractivity contribution in [3.05, 3.63) is 58.6 Å². The molecule has 19 heavy (non-hydrogen) atoms. The summed E-state index contributed by atoms with van der Waals surface area (Å²) in [6.07, 6.45) is 4.05. The van der Waals surface area contributed by atoms with Gasteiger partial charge in [0, 0.05) is 17.1 Å². The lowest BCUT2D eigenvalue weighted by Gasteiger charge is -2.25. The zero-order chi connectivity index (χ0) is 13.2. The third-order valence-electron chi connectivity index (χ3n) is 4.07. The molecule has 0 spiro atoms. The second-order valence-corrected chi connectivity index (χ2v) is 5.68. The highest BCUT2D eigenvalue weighted by atomic mass is 35.5. The lowest BCUT2D eigenvalue weighted by molar-refractivity contribution is 0.420. The molecule has 2 aromatic carbocycles. The van der Waals surface area contributed by atoms with Gasteiger partial charge in [-0.25, -0.2) is 0 Å². The molecule has 2 N–H and O–H groups in total. The molecule has 1 aliphatic rings. The van der Waals surface area contributed by atoms with E-state index in [0.29, 0.717) is 6.54 Å². The van der Waals surface area contributed by atoms with E-state index in [2.05, 4.69) is 30.3 Å². The Morgan fingerprint density at radius 2 is 1.79 bits per heavy atom. The topological polar surface area (TPSA) is 26.0 Å². The number of hydrogen-bond donors (Lipinski definition) is 1. The molecule has 0 heterocycles. The summed E-state index contributed by atoms with van der Waals surface area (Å²) >= 11 is 6.33. The molecule has 0 unspecified atom stereocenters. The van der Waals surface area contributed by atoms with Crippen molar-refractivity contribution < 1.29 is 0 Å². The summed E-state index contributed by atoms with van der Waals surface area (Å²) in [5, 5.41) is 0.777. The van der Waals surface area contributed by atoms with Crippen LogP contribution in [-0.4, -0.2) is 0 Å². The molecular formula is C17H18ClN. The van der Waals surface area contributed by atoms with Gasteiger partial charge < -0.3 is 5.73 Å². The van der Waals surface area contributed by atoms with Crippen LogP contribution in [0.2, 0.25) is 5.02 Å². The second kappa shape index (κ2) is 5.36. The lowest BCUT2D eigenvalue weighted by atomic mass is 9.80. The Bertz CT molecular complexity index is 570. The summed E-state index contributed by atoms with van der Waals surface area (Å²) in [6.45, 7) is 0.528. The van der Waals surface area contributed by atoms with Crippen LogP contribution in [-0.2, 0) is 6.54 Å². The van der Waals surface area contributed by atoms with Crippen molar-refractivity contribution in [1.82, 2.24) is 0 Å². The van der Waals surface area contributed by atoms with Gasteiger partial charge in [-0.15, -0.1) is 0 Å². The van der Waals surface area contributed by atoms with E-state index in [9.17, 15) is 0 Å². The average molecular weight is 272 g/mol. The van der Waals surface area contributed by atoms with Gasteiger partial charge in [0.2, 0.25) is 0 Å². The molecule has 1 fully saturated rings. The van der Waals surface area contributed by atoms with E-state index in [1.165, 1.54) is 30.4 Å². The van der Waals surface area contributed by atoms with Crippen LogP contribution in [0.25, 0.3) is 11.1 Å². The Hall–Kier alpha value is -1.31. The van der Waals surface area contributed by atoms with Crippen molar-refractivity contribution >= 4 is 11.6 Å². The van der Waals surface area contributed by atoms with E-state index in [4.69, 9.17) is 17.3 Å². The Morgan fingerprint density at radius 1 is 1.05 bits per heavy atom. The monoisotopic (exact) mass is 271 g/mol. The Labute approximate surface area is 119 Å². The van der Waals surface area contributed by atoms with Crippen molar-refractivity contribution in [3.8, 4) is 11.1 Å². The zero-order valence-electron chi connectivity index (χ0n) is 10.9. The number of rotatable bonds is 3. The van der Waals surface area contributed by atoms with E-state index in [1.54, 1.807) is 0 Å². The first kappa shape index (κ1) is 12.7. The highest BCUT2D eigenvalue weighted by Crippen LogP contribution is 2.37. The van der Waals surface area contributed by atoms with Gasteiger partial charge in [0.25, 0.3) is 0 Å². The van der Waals surface area contributed by atoms with Gasteiger partial charge >= 0.3 is 0 Å². The van der Waals surface area contributed by atoms with Gasteiger partial charge in [-0.1, -0.05) is 54.4 Å². The fraction of sp³-hybridized carbons (Fsp3) is 0.294. The predicted molar refractivity (Wildman–Crippen MR) is 81.4 cm³/mol. The van der Waals surface area contributed by atoms with Gasteiger partial charge in [-0.2, -0.15) is 0 Å². The molecule has 0 bridgehead atoms. The molecule has 1 saturated carbocycles. The summed E-state index contributed by atoms with van der Waals surface area (Å²) in [5.41, 5.74) is 10.4. The maximum Gasteiger partial charge on any atom is 0.0487 e. The van der Waals surface area contributed by atoms with E-state index < -0.39 is 0 Å². The molecule has 1 nitrogen and oxygen atoms in total. The Balaban J connectivity index is 1.89. The average Bonchev–Trinajstić information content (AvgIpc) is 2.38. The van der Waals surface area contributed by atoms with Gasteiger partial charge in [0.05, 0.1) is 0 Å². The highest BCUT2D eigenvalue weighted by Gasteiger charge is 2.19. The minimum absolute atomic E-state index is 0.528. The molecule has 0 atom stereocenters. The molecule has 98 valence electrons. The quantitative estimate of drug-likeness (QED) is 0.858. The molecule has 0 aliphatic heterocycles. The minimum Gasteiger partial charge on any atom is -0.326 e. The normalized spacial score (nSPS) is 15.3. The first-order valence-electron chi connectivity index (χ1n) is 6.87. The molecule has 2 aromatic rings. The number of benzene rings is 2. The van der Waals surface area contributed by atoms with E-state index in [0.717, 1.165) is 22.1 Å². The van der Waals surface area contributed by atoms with Crippen molar-refractivity contribution in [2.24, 2.45) is 5.73 Å². The smallest absolute Gasteiger partial charge is 0.0487 e.